The van der Waals surface area contributed by atoms with Crippen molar-refractivity contribution in [2.75, 3.05) is 11.9 Å². The summed E-state index contributed by atoms with van der Waals surface area (Å²) in [5, 5.41) is 11.1. The van der Waals surface area contributed by atoms with Crippen LogP contribution in [0.25, 0.3) is 0 Å². The fourth-order valence-electron chi connectivity index (χ4n) is 2.58. The number of nitro groups is 1. The van der Waals surface area contributed by atoms with Gasteiger partial charge >= 0.3 is 5.82 Å². The molecule has 1 heterocycles. The molecule has 0 aliphatic heterocycles. The fourth-order valence-corrected chi connectivity index (χ4v) is 2.58. The standard InChI is InChI=1S/C12H18N4O3/c1-8-13-11(16(18)19)12(14(8)2)15(3)9-4-6-10(17)7-5-9/h9H,4-7H2,1-3H3. The third-order valence-corrected chi connectivity index (χ3v) is 3.84. The average molecular weight is 266 g/mol. The number of ketones is 1. The van der Waals surface area contributed by atoms with Crippen molar-refractivity contribution < 1.29 is 9.72 Å². The second-order valence-electron chi connectivity index (χ2n) is 5.00. The van der Waals surface area contributed by atoms with Gasteiger partial charge in [-0.2, -0.15) is 0 Å². The van der Waals surface area contributed by atoms with E-state index in [0.717, 1.165) is 12.8 Å². The largest absolute Gasteiger partial charge is 0.406 e. The summed E-state index contributed by atoms with van der Waals surface area (Å²) in [5.74, 6) is 1.29. The average Bonchev–Trinajstić information content (AvgIpc) is 2.66. The molecular weight excluding hydrogens is 248 g/mol. The molecular formula is C12H18N4O3. The lowest BCUT2D eigenvalue weighted by atomic mass is 9.93. The van der Waals surface area contributed by atoms with E-state index in [0.29, 0.717) is 24.5 Å². The molecule has 1 aliphatic rings. The number of rotatable bonds is 3. The van der Waals surface area contributed by atoms with Gasteiger partial charge in [-0.25, -0.2) is 0 Å². The number of carbonyl (C=O) groups is 1. The maximum absolute atomic E-state index is 11.3. The summed E-state index contributed by atoms with van der Waals surface area (Å²) in [6.07, 6.45) is 2.60. The Hall–Kier alpha value is -1.92. The Balaban J connectivity index is 2.30. The molecule has 0 radical (unpaired) electrons. The van der Waals surface area contributed by atoms with Gasteiger partial charge in [0.25, 0.3) is 0 Å². The summed E-state index contributed by atoms with van der Waals surface area (Å²) >= 11 is 0. The van der Waals surface area contributed by atoms with Crippen molar-refractivity contribution in [3.05, 3.63) is 15.9 Å². The van der Waals surface area contributed by atoms with Crippen LogP contribution in [0.15, 0.2) is 0 Å². The van der Waals surface area contributed by atoms with Crippen LogP contribution in [-0.4, -0.2) is 33.3 Å². The van der Waals surface area contributed by atoms with Crippen molar-refractivity contribution in [3.63, 3.8) is 0 Å². The van der Waals surface area contributed by atoms with Gasteiger partial charge in [-0.15, -0.1) is 0 Å². The third-order valence-electron chi connectivity index (χ3n) is 3.84. The van der Waals surface area contributed by atoms with Gasteiger partial charge in [-0.1, -0.05) is 0 Å². The molecule has 0 saturated heterocycles. The molecule has 104 valence electrons. The van der Waals surface area contributed by atoms with E-state index < -0.39 is 4.92 Å². The molecule has 1 aromatic heterocycles. The smallest absolute Gasteiger partial charge is 0.358 e. The molecule has 1 fully saturated rings. The number of nitrogens with zero attached hydrogens (tertiary/aromatic N) is 4. The van der Waals surface area contributed by atoms with Crippen LogP contribution in [0.5, 0.6) is 0 Å². The van der Waals surface area contributed by atoms with Crippen molar-refractivity contribution >= 4 is 17.4 Å². The van der Waals surface area contributed by atoms with Crippen molar-refractivity contribution in [2.45, 2.75) is 38.6 Å². The van der Waals surface area contributed by atoms with Crippen molar-refractivity contribution in [2.24, 2.45) is 7.05 Å². The van der Waals surface area contributed by atoms with Crippen LogP contribution < -0.4 is 4.90 Å². The first-order chi connectivity index (χ1) is 8.91. The van der Waals surface area contributed by atoms with Crippen LogP contribution in [0, 0.1) is 17.0 Å². The van der Waals surface area contributed by atoms with Gasteiger partial charge in [0.1, 0.15) is 5.78 Å². The summed E-state index contributed by atoms with van der Waals surface area (Å²) in [6.45, 7) is 1.74. The van der Waals surface area contributed by atoms with Crippen LogP contribution >= 0.6 is 0 Å². The summed E-state index contributed by atoms with van der Waals surface area (Å²) in [6, 6.07) is 0.159. The van der Waals surface area contributed by atoms with Gasteiger partial charge in [-0.05, 0) is 22.7 Å². The van der Waals surface area contributed by atoms with Crippen LogP contribution in [0.3, 0.4) is 0 Å². The quantitative estimate of drug-likeness (QED) is 0.613. The highest BCUT2D eigenvalue weighted by atomic mass is 16.6. The highest BCUT2D eigenvalue weighted by Crippen LogP contribution is 2.31. The highest BCUT2D eigenvalue weighted by molar-refractivity contribution is 5.79. The Kier molecular flexibility index (Phi) is 3.55. The predicted octanol–water partition coefficient (Wildman–Crippen LogP) is 1.58. The van der Waals surface area contributed by atoms with Crippen LogP contribution in [-0.2, 0) is 11.8 Å². The second-order valence-corrected chi connectivity index (χ2v) is 5.00. The molecule has 1 aromatic rings. The first-order valence-corrected chi connectivity index (χ1v) is 6.34. The molecule has 0 spiro atoms. The van der Waals surface area contributed by atoms with E-state index in [1.165, 1.54) is 0 Å². The monoisotopic (exact) mass is 266 g/mol. The Bertz CT molecular complexity index is 513. The minimum atomic E-state index is -0.452. The Labute approximate surface area is 111 Å². The van der Waals surface area contributed by atoms with Crippen LogP contribution in [0.4, 0.5) is 11.6 Å². The van der Waals surface area contributed by atoms with Crippen molar-refractivity contribution in [1.82, 2.24) is 9.55 Å². The topological polar surface area (TPSA) is 81.3 Å². The zero-order chi connectivity index (χ0) is 14.2. The van der Waals surface area contributed by atoms with Crippen molar-refractivity contribution in [1.29, 1.82) is 0 Å². The number of hydrogen-bond acceptors (Lipinski definition) is 5. The van der Waals surface area contributed by atoms with Crippen LogP contribution in [0.2, 0.25) is 0 Å². The molecule has 7 heteroatoms. The lowest BCUT2D eigenvalue weighted by Crippen LogP contribution is -2.36. The number of anilines is 1. The second kappa shape index (κ2) is 4.99. The van der Waals surface area contributed by atoms with E-state index in [4.69, 9.17) is 0 Å². The molecule has 2 rings (SSSR count). The first-order valence-electron chi connectivity index (χ1n) is 6.34. The van der Waals surface area contributed by atoms with Gasteiger partial charge in [0.15, 0.2) is 0 Å². The maximum atomic E-state index is 11.3. The number of Topliss-reactive ketones (excluding diaryl/α,β-unsaturated/α-hetero) is 1. The van der Waals surface area contributed by atoms with Gasteiger partial charge < -0.3 is 15.0 Å². The molecule has 1 aliphatic carbocycles. The fraction of sp³-hybridized carbons (Fsp3) is 0.667. The summed E-state index contributed by atoms with van der Waals surface area (Å²) in [5.41, 5.74) is 0. The maximum Gasteiger partial charge on any atom is 0.406 e. The summed E-state index contributed by atoms with van der Waals surface area (Å²) in [4.78, 5) is 27.8. The van der Waals surface area contributed by atoms with E-state index in [1.54, 1.807) is 18.5 Å². The van der Waals surface area contributed by atoms with Crippen LogP contribution in [0.1, 0.15) is 31.5 Å². The van der Waals surface area contributed by atoms with E-state index in [2.05, 4.69) is 4.98 Å². The minimum absolute atomic E-state index is 0.112. The molecule has 7 nitrogen and oxygen atoms in total. The Morgan fingerprint density at radius 2 is 2.00 bits per heavy atom. The van der Waals surface area contributed by atoms with E-state index in [-0.39, 0.29) is 17.6 Å². The van der Waals surface area contributed by atoms with E-state index in [9.17, 15) is 14.9 Å². The number of carbonyl (C=O) groups excluding carboxylic acids is 1. The highest BCUT2D eigenvalue weighted by Gasteiger charge is 2.31. The molecule has 0 amide bonds. The Morgan fingerprint density at radius 3 is 2.53 bits per heavy atom. The van der Waals surface area contributed by atoms with Gasteiger partial charge in [0.2, 0.25) is 11.6 Å². The number of imidazole rings is 1. The zero-order valence-electron chi connectivity index (χ0n) is 11.4. The number of aromatic nitrogens is 2. The normalized spacial score (nSPS) is 16.7. The number of hydrogen-bond donors (Lipinski definition) is 0. The first kappa shape index (κ1) is 13.5. The van der Waals surface area contributed by atoms with Crippen molar-refractivity contribution in [3.8, 4) is 0 Å². The van der Waals surface area contributed by atoms with E-state index in [1.807, 2.05) is 11.9 Å². The minimum Gasteiger partial charge on any atom is -0.358 e. The third kappa shape index (κ3) is 2.45. The van der Waals surface area contributed by atoms with E-state index >= 15 is 0 Å². The SMILES string of the molecule is Cc1nc([N+](=O)[O-])c(N(C)C2CCC(=O)CC2)n1C. The molecule has 0 aromatic carbocycles. The molecule has 0 atom stereocenters. The predicted molar refractivity (Wildman–Crippen MR) is 70.3 cm³/mol. The summed E-state index contributed by atoms with van der Waals surface area (Å²) in [7, 11) is 3.61. The van der Waals surface area contributed by atoms with Gasteiger partial charge in [-0.3, -0.25) is 9.36 Å². The zero-order valence-corrected chi connectivity index (χ0v) is 11.4. The summed E-state index contributed by atoms with van der Waals surface area (Å²) < 4.78 is 1.73. The number of aryl methyl sites for hydroxylation is 1. The molecule has 19 heavy (non-hydrogen) atoms. The molecule has 0 bridgehead atoms. The lowest BCUT2D eigenvalue weighted by Gasteiger charge is -2.31. The Morgan fingerprint density at radius 1 is 1.42 bits per heavy atom. The molecule has 1 saturated carbocycles. The molecule has 0 unspecified atom stereocenters. The van der Waals surface area contributed by atoms with Gasteiger partial charge in [0.05, 0.1) is 0 Å². The molecule has 0 N–H and O–H groups in total. The van der Waals surface area contributed by atoms with Gasteiger partial charge in [0, 0.05) is 39.9 Å². The lowest BCUT2D eigenvalue weighted by molar-refractivity contribution is -0.388.